The monoisotopic (exact) mass is 816 g/mol. The summed E-state index contributed by atoms with van der Waals surface area (Å²) in [4.78, 5) is 62.3. The Labute approximate surface area is 334 Å². The highest BCUT2D eigenvalue weighted by Gasteiger charge is 2.45. The molecule has 0 bridgehead atoms. The molecule has 14 nitrogen and oxygen atoms in total. The molecule has 300 valence electrons. The van der Waals surface area contributed by atoms with Gasteiger partial charge < -0.3 is 36.4 Å². The van der Waals surface area contributed by atoms with E-state index in [-0.39, 0.29) is 30.4 Å². The number of halogens is 4. The normalized spacial score (nSPS) is 13.4. The highest BCUT2D eigenvalue weighted by atomic mass is 35.5. The third-order valence-electron chi connectivity index (χ3n) is 8.85. The number of nitrogens with zero attached hydrogens (tertiary/aromatic N) is 3. The summed E-state index contributed by atoms with van der Waals surface area (Å²) in [6, 6.07) is 27.5. The molecule has 1 heterocycles. The second-order valence-electron chi connectivity index (χ2n) is 13.3. The molecular formula is C40H36ClF3N8O6. The molecule has 1 aliphatic rings. The maximum atomic E-state index is 13.0. The fourth-order valence-corrected chi connectivity index (χ4v) is 5.92. The molecule has 0 saturated heterocycles. The van der Waals surface area contributed by atoms with E-state index < -0.39 is 54.1 Å². The summed E-state index contributed by atoms with van der Waals surface area (Å²) < 4.78 is 43.7. The molecule has 0 radical (unpaired) electrons. The van der Waals surface area contributed by atoms with Crippen molar-refractivity contribution in [2.75, 3.05) is 29.1 Å². The van der Waals surface area contributed by atoms with E-state index in [4.69, 9.17) is 16.3 Å². The predicted octanol–water partition coefficient (Wildman–Crippen LogP) is 6.23. The van der Waals surface area contributed by atoms with Gasteiger partial charge in [-0.15, -0.1) is 0 Å². The number of carbonyl (C=O) groups excluding carboxylic acids is 3. The number of alkyl halides is 3. The number of hydrogen-bond acceptors (Lipinski definition) is 10. The number of nitrogens with one attached hydrogen (secondary N) is 5. The smallest absolute Gasteiger partial charge is 0.422 e. The van der Waals surface area contributed by atoms with E-state index in [1.54, 1.807) is 30.3 Å². The number of carbonyl (C=O) groups is 4. The van der Waals surface area contributed by atoms with Crippen molar-refractivity contribution in [3.8, 4) is 6.01 Å². The lowest BCUT2D eigenvalue weighted by atomic mass is 10.0. The molecule has 3 amide bonds. The second kappa shape index (κ2) is 18.0. The zero-order valence-corrected chi connectivity index (χ0v) is 31.2. The number of ether oxygens (including phenoxy) is 1. The van der Waals surface area contributed by atoms with Crippen LogP contribution < -0.4 is 31.3 Å². The van der Waals surface area contributed by atoms with Gasteiger partial charge in [-0.3, -0.25) is 14.4 Å². The van der Waals surface area contributed by atoms with Crippen molar-refractivity contribution in [2.24, 2.45) is 0 Å². The molecule has 1 atom stereocenters. The van der Waals surface area contributed by atoms with Gasteiger partial charge in [0.2, 0.25) is 11.9 Å². The zero-order chi connectivity index (χ0) is 41.3. The van der Waals surface area contributed by atoms with Crippen molar-refractivity contribution < 1.29 is 42.2 Å². The number of carboxylic acids is 1. The Morgan fingerprint density at radius 3 is 2.17 bits per heavy atom. The van der Waals surface area contributed by atoms with E-state index in [1.165, 1.54) is 24.3 Å². The van der Waals surface area contributed by atoms with Crippen LogP contribution in [0, 0.1) is 0 Å². The van der Waals surface area contributed by atoms with Gasteiger partial charge in [-0.1, -0.05) is 66.2 Å². The summed E-state index contributed by atoms with van der Waals surface area (Å²) in [5.41, 5.74) is 3.12. The van der Waals surface area contributed by atoms with Crippen LogP contribution in [-0.4, -0.2) is 69.1 Å². The van der Waals surface area contributed by atoms with Gasteiger partial charge in [-0.25, -0.2) is 4.79 Å². The van der Waals surface area contributed by atoms with Crippen LogP contribution in [0.5, 0.6) is 6.01 Å². The number of carboxylic acid groups (broad SMARTS) is 1. The van der Waals surface area contributed by atoms with Crippen LogP contribution in [0.1, 0.15) is 46.3 Å². The third kappa shape index (κ3) is 11.6. The average molecular weight is 817 g/mol. The highest BCUT2D eigenvalue weighted by molar-refractivity contribution is 6.39. The maximum Gasteiger partial charge on any atom is 0.422 e. The van der Waals surface area contributed by atoms with Crippen LogP contribution in [0.3, 0.4) is 0 Å². The molecule has 1 aliphatic carbocycles. The zero-order valence-electron chi connectivity index (χ0n) is 30.5. The quantitative estimate of drug-likeness (QED) is 0.0618. The van der Waals surface area contributed by atoms with E-state index in [2.05, 4.69) is 41.5 Å². The van der Waals surface area contributed by atoms with E-state index in [9.17, 15) is 37.5 Å². The molecule has 0 spiro atoms. The molecule has 58 heavy (non-hydrogen) atoms. The summed E-state index contributed by atoms with van der Waals surface area (Å²) in [5, 5.41) is 23.6. The number of rotatable bonds is 16. The molecule has 1 fully saturated rings. The van der Waals surface area contributed by atoms with Gasteiger partial charge in [-0.2, -0.15) is 28.1 Å². The van der Waals surface area contributed by atoms with E-state index >= 15 is 0 Å². The molecule has 4 aromatic carbocycles. The first kappa shape index (κ1) is 40.9. The number of anilines is 4. The number of aliphatic carboxylic acids is 1. The van der Waals surface area contributed by atoms with E-state index in [0.717, 1.165) is 16.7 Å². The Hall–Kier alpha value is -6.75. The first-order chi connectivity index (χ1) is 27.7. The summed E-state index contributed by atoms with van der Waals surface area (Å²) in [6.45, 7) is -1.87. The summed E-state index contributed by atoms with van der Waals surface area (Å²) in [5.74, 6) is -4.24. The van der Waals surface area contributed by atoms with Crippen molar-refractivity contribution in [3.05, 3.63) is 130 Å². The summed E-state index contributed by atoms with van der Waals surface area (Å²) in [6.07, 6.45) is -2.86. The van der Waals surface area contributed by atoms with Gasteiger partial charge >= 0.3 is 30.0 Å². The lowest BCUT2D eigenvalue weighted by molar-refractivity contribution is -0.154. The second-order valence-corrected chi connectivity index (χ2v) is 13.7. The Bertz CT molecular complexity index is 2260. The molecule has 6 rings (SSSR count). The molecule has 6 N–H and O–H groups in total. The molecule has 1 saturated carbocycles. The van der Waals surface area contributed by atoms with E-state index in [1.807, 2.05) is 48.5 Å². The standard InChI is InChI=1S/C40H36ClF3N8O6/c41-28-13-11-27(12-14-28)39(18-19-39)52-37-49-36(50-38(51-37)58-23-40(42,43)44)47-29-15-9-26(10-16-29)32(53)48-31(35(56)57)17-20-45-33(54)34(55)46-30-8-4-7-25(22-30)21-24-5-2-1-3-6-24/h1-16,22,31H,17-21,23H2,(H,45,54)(H,46,55)(H,48,53)(H,56,57)(H2,47,49,50,51,52)/t31-/m0/s1. The molecular weight excluding hydrogens is 781 g/mol. The first-order valence-corrected chi connectivity index (χ1v) is 18.2. The van der Waals surface area contributed by atoms with Crippen molar-refractivity contribution in [1.82, 2.24) is 25.6 Å². The molecule has 5 aromatic rings. The fourth-order valence-electron chi connectivity index (χ4n) is 5.79. The SMILES string of the molecule is O=C(NCC[C@H](NC(=O)c1ccc(Nc2nc(NC3(c4ccc(Cl)cc4)CC3)nc(OCC(F)(F)F)n2)cc1)C(=O)O)C(=O)Nc1cccc(Cc2ccccc2)c1. The Morgan fingerprint density at radius 1 is 0.810 bits per heavy atom. The fraction of sp³-hybridized carbons (Fsp3) is 0.225. The van der Waals surface area contributed by atoms with Crippen molar-refractivity contribution in [2.45, 2.75) is 43.4 Å². The summed E-state index contributed by atoms with van der Waals surface area (Å²) >= 11 is 6.03. The van der Waals surface area contributed by atoms with Crippen LogP contribution in [-0.2, 0) is 26.3 Å². The number of benzene rings is 4. The minimum Gasteiger partial charge on any atom is -0.480 e. The van der Waals surface area contributed by atoms with Gasteiger partial charge in [0.05, 0.1) is 5.54 Å². The molecule has 0 aliphatic heterocycles. The van der Waals surface area contributed by atoms with Crippen molar-refractivity contribution in [1.29, 1.82) is 0 Å². The van der Waals surface area contributed by atoms with Crippen molar-refractivity contribution >= 4 is 58.6 Å². The van der Waals surface area contributed by atoms with Crippen LogP contribution in [0.2, 0.25) is 5.02 Å². The predicted molar refractivity (Wildman–Crippen MR) is 208 cm³/mol. The molecule has 0 unspecified atom stereocenters. The first-order valence-electron chi connectivity index (χ1n) is 17.9. The number of hydrogen-bond donors (Lipinski definition) is 6. The van der Waals surface area contributed by atoms with Crippen LogP contribution >= 0.6 is 11.6 Å². The number of amides is 3. The summed E-state index contributed by atoms with van der Waals surface area (Å²) in [7, 11) is 0. The highest BCUT2D eigenvalue weighted by Crippen LogP contribution is 2.48. The Balaban J connectivity index is 1.02. The topological polar surface area (TPSA) is 197 Å². The molecule has 18 heteroatoms. The van der Waals surface area contributed by atoms with Crippen LogP contribution in [0.25, 0.3) is 0 Å². The minimum atomic E-state index is -4.65. The van der Waals surface area contributed by atoms with Crippen LogP contribution in [0.15, 0.2) is 103 Å². The van der Waals surface area contributed by atoms with E-state index in [0.29, 0.717) is 35.7 Å². The van der Waals surface area contributed by atoms with Crippen LogP contribution in [0.4, 0.5) is 36.4 Å². The maximum absolute atomic E-state index is 13.0. The van der Waals surface area contributed by atoms with Gasteiger partial charge in [0, 0.05) is 28.5 Å². The number of aromatic nitrogens is 3. The Kier molecular flexibility index (Phi) is 12.7. The Morgan fingerprint density at radius 2 is 1.50 bits per heavy atom. The third-order valence-corrected chi connectivity index (χ3v) is 9.10. The molecule has 1 aromatic heterocycles. The minimum absolute atomic E-state index is 0.0426. The average Bonchev–Trinajstić information content (AvgIpc) is 3.97. The lowest BCUT2D eigenvalue weighted by Crippen LogP contribution is -2.44. The van der Waals surface area contributed by atoms with Gasteiger partial charge in [0.25, 0.3) is 5.91 Å². The van der Waals surface area contributed by atoms with Crippen molar-refractivity contribution in [3.63, 3.8) is 0 Å². The van der Waals surface area contributed by atoms with Gasteiger partial charge in [0.15, 0.2) is 6.61 Å². The van der Waals surface area contributed by atoms with Gasteiger partial charge in [0.1, 0.15) is 6.04 Å². The lowest BCUT2D eigenvalue weighted by Gasteiger charge is -2.19. The largest absolute Gasteiger partial charge is 0.480 e. The van der Waals surface area contributed by atoms with Gasteiger partial charge in [-0.05, 0) is 90.9 Å².